The largest absolute Gasteiger partial charge is 0.345 e. The zero-order chi connectivity index (χ0) is 12.4. The van der Waals surface area contributed by atoms with Crippen molar-refractivity contribution in [2.24, 2.45) is 0 Å². The number of hydrogen-bond donors (Lipinski definition) is 0. The first kappa shape index (κ1) is 12.8. The molecule has 2 atom stereocenters. The smallest absolute Gasteiger partial charge is 0.187 e. The number of rotatable bonds is 3. The van der Waals surface area contributed by atoms with Crippen LogP contribution in [0.5, 0.6) is 0 Å². The molecule has 0 radical (unpaired) electrons. The van der Waals surface area contributed by atoms with E-state index in [4.69, 9.17) is 4.74 Å². The predicted molar refractivity (Wildman–Crippen MR) is 72.1 cm³/mol. The maximum absolute atomic E-state index is 13.5. The highest BCUT2D eigenvalue weighted by molar-refractivity contribution is 14.1. The Labute approximate surface area is 113 Å². The first-order valence-electron chi connectivity index (χ1n) is 5.35. The second kappa shape index (κ2) is 5.30. The summed E-state index contributed by atoms with van der Waals surface area (Å²) in [7, 11) is 0. The Bertz CT molecular complexity index is 427. The van der Waals surface area contributed by atoms with Crippen LogP contribution in [0.3, 0.4) is 0 Å². The number of carbonyl (C=O) groups excluding carboxylic acids is 1. The van der Waals surface area contributed by atoms with E-state index in [0.717, 1.165) is 10.7 Å². The summed E-state index contributed by atoms with van der Waals surface area (Å²) in [6.45, 7) is 2.33. The zero-order valence-electron chi connectivity index (χ0n) is 9.40. The second-order valence-electron chi connectivity index (χ2n) is 4.02. The summed E-state index contributed by atoms with van der Waals surface area (Å²) in [4.78, 5) is 12.7. The van der Waals surface area contributed by atoms with Gasteiger partial charge in [0.15, 0.2) is 12.5 Å². The molecule has 1 fully saturated rings. The minimum absolute atomic E-state index is 0.0233. The van der Waals surface area contributed by atoms with Crippen molar-refractivity contribution in [1.29, 1.82) is 0 Å². The fraction of sp³-hybridized carbons (Fsp3) is 0.417. The molecular formula is C12H13FINO2. The monoisotopic (exact) mass is 349 g/mol. The molecule has 1 aliphatic heterocycles. The van der Waals surface area contributed by atoms with Gasteiger partial charge in [0.2, 0.25) is 0 Å². The van der Waals surface area contributed by atoms with Gasteiger partial charge >= 0.3 is 0 Å². The lowest BCUT2D eigenvalue weighted by atomic mass is 10.2. The number of nitrogens with zero attached hydrogens (tertiary/aromatic N) is 1. The van der Waals surface area contributed by atoms with E-state index in [1.165, 1.54) is 6.07 Å². The van der Waals surface area contributed by atoms with Crippen molar-refractivity contribution >= 4 is 34.6 Å². The van der Waals surface area contributed by atoms with Crippen molar-refractivity contribution in [2.45, 2.75) is 19.3 Å². The van der Waals surface area contributed by atoms with Gasteiger partial charge in [-0.1, -0.05) is 28.7 Å². The number of aldehydes is 1. The molecule has 17 heavy (non-hydrogen) atoms. The normalized spacial score (nSPS) is 24.1. The average molecular weight is 349 g/mol. The third-order valence-corrected chi connectivity index (χ3v) is 3.80. The molecule has 1 aromatic carbocycles. The van der Waals surface area contributed by atoms with E-state index in [9.17, 15) is 9.18 Å². The van der Waals surface area contributed by atoms with Gasteiger partial charge in [-0.15, -0.1) is 0 Å². The lowest BCUT2D eigenvalue weighted by Gasteiger charge is -2.21. The number of alkyl halides is 1. The highest BCUT2D eigenvalue weighted by Gasteiger charge is 2.32. The Kier molecular flexibility index (Phi) is 3.98. The number of anilines is 1. The van der Waals surface area contributed by atoms with Crippen molar-refractivity contribution in [1.82, 2.24) is 0 Å². The van der Waals surface area contributed by atoms with E-state index in [0.29, 0.717) is 17.8 Å². The third kappa shape index (κ3) is 2.60. The number of benzene rings is 1. The van der Waals surface area contributed by atoms with Crippen LogP contribution in [0, 0.1) is 12.7 Å². The van der Waals surface area contributed by atoms with Crippen LogP contribution < -0.4 is 4.90 Å². The summed E-state index contributed by atoms with van der Waals surface area (Å²) < 4.78 is 19.8. The first-order chi connectivity index (χ1) is 8.15. The van der Waals surface area contributed by atoms with Crippen LogP contribution in [0.1, 0.15) is 5.56 Å². The topological polar surface area (TPSA) is 29.5 Å². The summed E-state index contributed by atoms with van der Waals surface area (Å²) in [5, 5.41) is 0. The van der Waals surface area contributed by atoms with E-state index in [1.807, 2.05) is 6.07 Å². The maximum atomic E-state index is 13.5. The molecule has 1 saturated heterocycles. The van der Waals surface area contributed by atoms with Crippen molar-refractivity contribution in [2.75, 3.05) is 15.9 Å². The van der Waals surface area contributed by atoms with Crippen LogP contribution in [0.15, 0.2) is 18.2 Å². The quantitative estimate of drug-likeness (QED) is 0.477. The predicted octanol–water partition coefficient (Wildman–Crippen LogP) is 2.30. The molecule has 0 saturated carbocycles. The molecule has 0 amide bonds. The van der Waals surface area contributed by atoms with Gasteiger partial charge in [0.1, 0.15) is 5.82 Å². The van der Waals surface area contributed by atoms with Crippen molar-refractivity contribution in [3.05, 3.63) is 29.6 Å². The van der Waals surface area contributed by atoms with Gasteiger partial charge in [-0.25, -0.2) is 4.39 Å². The number of hydrogen-bond acceptors (Lipinski definition) is 3. The Morgan fingerprint density at radius 3 is 3.00 bits per heavy atom. The van der Waals surface area contributed by atoms with Gasteiger partial charge in [-0.2, -0.15) is 0 Å². The summed E-state index contributed by atoms with van der Waals surface area (Å²) in [6.07, 6.45) is 0.177. The van der Waals surface area contributed by atoms with E-state index < -0.39 is 6.23 Å². The minimum atomic E-state index is -0.600. The van der Waals surface area contributed by atoms with E-state index in [1.54, 1.807) is 17.9 Å². The third-order valence-electron chi connectivity index (χ3n) is 2.81. The second-order valence-corrected chi connectivity index (χ2v) is 4.91. The van der Waals surface area contributed by atoms with Gasteiger partial charge in [-0.3, -0.25) is 4.79 Å². The molecule has 0 aliphatic carbocycles. The van der Waals surface area contributed by atoms with E-state index in [-0.39, 0.29) is 11.9 Å². The first-order valence-corrected chi connectivity index (χ1v) is 6.87. The Morgan fingerprint density at radius 1 is 1.65 bits per heavy atom. The van der Waals surface area contributed by atoms with Crippen LogP contribution in [0.25, 0.3) is 0 Å². The number of carbonyl (C=O) groups is 1. The molecular weight excluding hydrogens is 336 g/mol. The molecule has 5 heteroatoms. The lowest BCUT2D eigenvalue weighted by Crippen LogP contribution is -2.31. The molecule has 92 valence electrons. The molecule has 2 rings (SSSR count). The number of halogens is 2. The van der Waals surface area contributed by atoms with Crippen LogP contribution in [0.4, 0.5) is 10.1 Å². The van der Waals surface area contributed by atoms with Gasteiger partial charge in [0.25, 0.3) is 0 Å². The van der Waals surface area contributed by atoms with Crippen LogP contribution >= 0.6 is 22.6 Å². The molecule has 3 nitrogen and oxygen atoms in total. The van der Waals surface area contributed by atoms with Crippen LogP contribution in [0.2, 0.25) is 0 Å². The van der Waals surface area contributed by atoms with E-state index in [2.05, 4.69) is 22.6 Å². The summed E-state index contributed by atoms with van der Waals surface area (Å²) in [5.41, 5.74) is 1.29. The summed E-state index contributed by atoms with van der Waals surface area (Å²) >= 11 is 2.22. The molecule has 1 heterocycles. The SMILES string of the molecule is Cc1ccc(N2C[C@@H](CI)OC2C=O)cc1F. The fourth-order valence-electron chi connectivity index (χ4n) is 1.84. The van der Waals surface area contributed by atoms with Crippen molar-refractivity contribution in [3.63, 3.8) is 0 Å². The number of aryl methyl sites for hydroxylation is 1. The summed E-state index contributed by atoms with van der Waals surface area (Å²) in [6, 6.07) is 4.97. The molecule has 1 aromatic rings. The van der Waals surface area contributed by atoms with Gasteiger partial charge in [-0.05, 0) is 24.6 Å². The standard InChI is InChI=1S/C12H13FINO2/c1-8-2-3-9(4-11(8)13)15-6-10(5-14)17-12(15)7-16/h2-4,7,10,12H,5-6H2,1H3/t10-,12?/m1/s1. The van der Waals surface area contributed by atoms with Crippen molar-refractivity contribution in [3.8, 4) is 0 Å². The average Bonchev–Trinajstić information content (AvgIpc) is 2.76. The minimum Gasteiger partial charge on any atom is -0.345 e. The van der Waals surface area contributed by atoms with E-state index >= 15 is 0 Å². The molecule has 0 N–H and O–H groups in total. The molecule has 0 aromatic heterocycles. The molecule has 1 aliphatic rings. The number of ether oxygens (including phenoxy) is 1. The Hall–Kier alpha value is -0.690. The maximum Gasteiger partial charge on any atom is 0.187 e. The van der Waals surface area contributed by atoms with Gasteiger partial charge in [0, 0.05) is 16.7 Å². The lowest BCUT2D eigenvalue weighted by molar-refractivity contribution is -0.116. The molecule has 1 unspecified atom stereocenters. The Balaban J connectivity index is 2.25. The molecule has 0 bridgehead atoms. The fourth-order valence-corrected chi connectivity index (χ4v) is 2.33. The highest BCUT2D eigenvalue weighted by Crippen LogP contribution is 2.26. The summed E-state index contributed by atoms with van der Waals surface area (Å²) in [5.74, 6) is -0.259. The van der Waals surface area contributed by atoms with Crippen LogP contribution in [-0.2, 0) is 9.53 Å². The van der Waals surface area contributed by atoms with Gasteiger partial charge < -0.3 is 9.64 Å². The highest BCUT2D eigenvalue weighted by atomic mass is 127. The van der Waals surface area contributed by atoms with Gasteiger partial charge in [0.05, 0.1) is 6.10 Å². The zero-order valence-corrected chi connectivity index (χ0v) is 11.6. The Morgan fingerprint density at radius 2 is 2.41 bits per heavy atom. The van der Waals surface area contributed by atoms with Crippen molar-refractivity contribution < 1.29 is 13.9 Å². The molecule has 0 spiro atoms. The van der Waals surface area contributed by atoms with Crippen LogP contribution in [-0.4, -0.2) is 29.6 Å².